The van der Waals surface area contributed by atoms with Gasteiger partial charge in [-0.25, -0.2) is 0 Å². The smallest absolute Gasteiger partial charge is 0.191 e. The van der Waals surface area contributed by atoms with Gasteiger partial charge in [0.2, 0.25) is 0 Å². The molecule has 2 N–H and O–H groups in total. The second-order valence-corrected chi connectivity index (χ2v) is 7.71. The SMILES string of the molecule is CCNC(=NCC1CCN(c2ccc(Br)cc2)C1)NCCc1ccccn1.I. The van der Waals surface area contributed by atoms with Crippen LogP contribution in [0.5, 0.6) is 0 Å². The van der Waals surface area contributed by atoms with Crippen molar-refractivity contribution >= 4 is 51.6 Å². The van der Waals surface area contributed by atoms with Gasteiger partial charge in [0.1, 0.15) is 0 Å². The number of hydrogen-bond acceptors (Lipinski definition) is 3. The molecule has 0 spiro atoms. The number of halogens is 2. The van der Waals surface area contributed by atoms with Gasteiger partial charge < -0.3 is 15.5 Å². The van der Waals surface area contributed by atoms with Gasteiger partial charge in [0, 0.05) is 61.2 Å². The van der Waals surface area contributed by atoms with E-state index in [9.17, 15) is 0 Å². The summed E-state index contributed by atoms with van der Waals surface area (Å²) in [7, 11) is 0. The monoisotopic (exact) mass is 557 g/mol. The zero-order chi connectivity index (χ0) is 18.9. The van der Waals surface area contributed by atoms with Gasteiger partial charge in [0.15, 0.2) is 5.96 Å². The normalized spacial score (nSPS) is 16.6. The van der Waals surface area contributed by atoms with Crippen molar-refractivity contribution in [3.05, 3.63) is 58.8 Å². The Morgan fingerprint density at radius 2 is 2.04 bits per heavy atom. The summed E-state index contributed by atoms with van der Waals surface area (Å²) in [5.74, 6) is 1.50. The minimum Gasteiger partial charge on any atom is -0.371 e. The summed E-state index contributed by atoms with van der Waals surface area (Å²) in [4.78, 5) is 11.6. The van der Waals surface area contributed by atoms with E-state index < -0.39 is 0 Å². The molecule has 1 aliphatic rings. The predicted octanol–water partition coefficient (Wildman–Crippen LogP) is 4.09. The van der Waals surface area contributed by atoms with E-state index in [1.807, 2.05) is 18.3 Å². The summed E-state index contributed by atoms with van der Waals surface area (Å²) in [5, 5.41) is 6.76. The van der Waals surface area contributed by atoms with Gasteiger partial charge in [0.05, 0.1) is 0 Å². The summed E-state index contributed by atoms with van der Waals surface area (Å²) in [6, 6.07) is 14.6. The average molecular weight is 558 g/mol. The van der Waals surface area contributed by atoms with Crippen LogP contribution in [-0.2, 0) is 6.42 Å². The van der Waals surface area contributed by atoms with E-state index in [4.69, 9.17) is 4.99 Å². The minimum atomic E-state index is 0. The van der Waals surface area contributed by atoms with Crippen LogP contribution in [0.2, 0.25) is 0 Å². The van der Waals surface area contributed by atoms with Crippen molar-refractivity contribution in [1.82, 2.24) is 15.6 Å². The van der Waals surface area contributed by atoms with Crippen LogP contribution in [-0.4, -0.2) is 43.7 Å². The number of rotatable bonds is 7. The van der Waals surface area contributed by atoms with Gasteiger partial charge in [0.25, 0.3) is 0 Å². The molecule has 1 aliphatic heterocycles. The number of aromatic nitrogens is 1. The van der Waals surface area contributed by atoms with Crippen molar-refractivity contribution in [3.63, 3.8) is 0 Å². The lowest BCUT2D eigenvalue weighted by molar-refractivity contribution is 0.599. The number of anilines is 1. The fourth-order valence-corrected chi connectivity index (χ4v) is 3.55. The Kier molecular flexibility index (Phi) is 10.0. The van der Waals surface area contributed by atoms with Gasteiger partial charge in [-0.15, -0.1) is 24.0 Å². The molecule has 1 aromatic carbocycles. The van der Waals surface area contributed by atoms with Gasteiger partial charge >= 0.3 is 0 Å². The van der Waals surface area contributed by atoms with E-state index >= 15 is 0 Å². The maximum absolute atomic E-state index is 4.81. The van der Waals surface area contributed by atoms with Crippen molar-refractivity contribution in [2.45, 2.75) is 19.8 Å². The number of aliphatic imine (C=N–C) groups is 1. The van der Waals surface area contributed by atoms with E-state index in [0.717, 1.165) is 55.3 Å². The summed E-state index contributed by atoms with van der Waals surface area (Å²) >= 11 is 3.50. The second-order valence-electron chi connectivity index (χ2n) is 6.79. The van der Waals surface area contributed by atoms with Crippen molar-refractivity contribution in [1.29, 1.82) is 0 Å². The Bertz CT molecular complexity index is 723. The molecule has 0 bridgehead atoms. The third kappa shape index (κ3) is 7.24. The van der Waals surface area contributed by atoms with E-state index in [-0.39, 0.29) is 24.0 Å². The molecule has 3 rings (SSSR count). The minimum absolute atomic E-state index is 0. The Hall–Kier alpha value is -1.35. The van der Waals surface area contributed by atoms with Crippen LogP contribution >= 0.6 is 39.9 Å². The van der Waals surface area contributed by atoms with Crippen LogP contribution in [0.25, 0.3) is 0 Å². The average Bonchev–Trinajstić information content (AvgIpc) is 3.16. The highest BCUT2D eigenvalue weighted by Gasteiger charge is 2.22. The van der Waals surface area contributed by atoms with Crippen molar-refractivity contribution in [2.75, 3.05) is 37.6 Å². The number of nitrogens with one attached hydrogen (secondary N) is 2. The lowest BCUT2D eigenvalue weighted by atomic mass is 10.1. The Balaban J connectivity index is 0.00000280. The summed E-state index contributed by atoms with van der Waals surface area (Å²) < 4.78 is 1.12. The number of pyridine rings is 1. The molecule has 0 saturated carbocycles. The van der Waals surface area contributed by atoms with Crippen LogP contribution in [0.15, 0.2) is 58.1 Å². The van der Waals surface area contributed by atoms with E-state index in [1.165, 1.54) is 12.1 Å². The molecule has 1 unspecified atom stereocenters. The molecule has 7 heteroatoms. The van der Waals surface area contributed by atoms with Crippen molar-refractivity contribution in [2.24, 2.45) is 10.9 Å². The largest absolute Gasteiger partial charge is 0.371 e. The molecule has 0 radical (unpaired) electrons. The van der Waals surface area contributed by atoms with Gasteiger partial charge in [-0.2, -0.15) is 0 Å². The maximum atomic E-state index is 4.81. The van der Waals surface area contributed by atoms with Crippen molar-refractivity contribution in [3.8, 4) is 0 Å². The summed E-state index contributed by atoms with van der Waals surface area (Å²) in [6.45, 7) is 6.82. The molecule has 2 aromatic rings. The predicted molar refractivity (Wildman–Crippen MR) is 132 cm³/mol. The third-order valence-electron chi connectivity index (χ3n) is 4.73. The van der Waals surface area contributed by atoms with Crippen LogP contribution < -0.4 is 15.5 Å². The Morgan fingerprint density at radius 3 is 2.75 bits per heavy atom. The number of guanidine groups is 1. The van der Waals surface area contributed by atoms with E-state index in [1.54, 1.807) is 0 Å². The molecule has 0 amide bonds. The van der Waals surface area contributed by atoms with Gasteiger partial charge in [-0.05, 0) is 55.7 Å². The molecule has 2 heterocycles. The lowest BCUT2D eigenvalue weighted by Crippen LogP contribution is -2.38. The molecule has 152 valence electrons. The molecule has 0 aliphatic carbocycles. The zero-order valence-electron chi connectivity index (χ0n) is 16.3. The Morgan fingerprint density at radius 1 is 1.21 bits per heavy atom. The highest BCUT2D eigenvalue weighted by molar-refractivity contribution is 14.0. The first-order chi connectivity index (χ1) is 13.2. The fraction of sp³-hybridized carbons (Fsp3) is 0.429. The van der Waals surface area contributed by atoms with E-state index in [0.29, 0.717) is 5.92 Å². The second kappa shape index (κ2) is 12.3. The molecule has 1 aromatic heterocycles. The van der Waals surface area contributed by atoms with Crippen molar-refractivity contribution < 1.29 is 0 Å². The Labute approximate surface area is 193 Å². The number of nitrogens with zero attached hydrogens (tertiary/aromatic N) is 3. The standard InChI is InChI=1S/C21H28BrN5.HI/c1-2-23-21(25-13-10-19-5-3-4-12-24-19)26-15-17-11-14-27(16-17)20-8-6-18(22)7-9-20;/h3-9,12,17H,2,10-11,13-16H2,1H3,(H2,23,25,26);1H. The zero-order valence-corrected chi connectivity index (χ0v) is 20.2. The molecule has 1 atom stereocenters. The van der Waals surface area contributed by atoms with Crippen LogP contribution in [0, 0.1) is 5.92 Å². The maximum Gasteiger partial charge on any atom is 0.191 e. The van der Waals surface area contributed by atoms with Crippen LogP contribution in [0.4, 0.5) is 5.69 Å². The van der Waals surface area contributed by atoms with Crippen LogP contribution in [0.3, 0.4) is 0 Å². The molecular formula is C21H29BrIN5. The first kappa shape index (κ1) is 22.9. The highest BCUT2D eigenvalue weighted by atomic mass is 127. The molecule has 5 nitrogen and oxygen atoms in total. The van der Waals surface area contributed by atoms with E-state index in [2.05, 4.69) is 73.7 Å². The molecule has 28 heavy (non-hydrogen) atoms. The molecule has 1 saturated heterocycles. The third-order valence-corrected chi connectivity index (χ3v) is 5.26. The highest BCUT2D eigenvalue weighted by Crippen LogP contribution is 2.25. The topological polar surface area (TPSA) is 52.6 Å². The number of hydrogen-bond donors (Lipinski definition) is 2. The van der Waals surface area contributed by atoms with Gasteiger partial charge in [-0.1, -0.05) is 22.0 Å². The summed E-state index contributed by atoms with van der Waals surface area (Å²) in [6.07, 6.45) is 3.92. The summed E-state index contributed by atoms with van der Waals surface area (Å²) in [5.41, 5.74) is 2.40. The quantitative estimate of drug-likeness (QED) is 0.306. The number of benzene rings is 1. The lowest BCUT2D eigenvalue weighted by Gasteiger charge is -2.18. The fourth-order valence-electron chi connectivity index (χ4n) is 3.29. The molecular weight excluding hydrogens is 529 g/mol. The van der Waals surface area contributed by atoms with Crippen LogP contribution in [0.1, 0.15) is 19.0 Å². The first-order valence-electron chi connectivity index (χ1n) is 9.67. The van der Waals surface area contributed by atoms with Gasteiger partial charge in [-0.3, -0.25) is 9.98 Å². The molecule has 1 fully saturated rings. The first-order valence-corrected chi connectivity index (χ1v) is 10.5.